The summed E-state index contributed by atoms with van der Waals surface area (Å²) in [6.45, 7) is 5.86. The van der Waals surface area contributed by atoms with Crippen LogP contribution in [0, 0.1) is 0 Å². The van der Waals surface area contributed by atoms with Crippen LogP contribution >= 0.6 is 0 Å². The summed E-state index contributed by atoms with van der Waals surface area (Å²) in [6, 6.07) is 7.55. The van der Waals surface area contributed by atoms with Crippen molar-refractivity contribution < 1.29 is 4.79 Å². The lowest BCUT2D eigenvalue weighted by Gasteiger charge is -2.24. The van der Waals surface area contributed by atoms with Crippen molar-refractivity contribution >= 4 is 17.3 Å². The van der Waals surface area contributed by atoms with Crippen LogP contribution in [0.3, 0.4) is 0 Å². The summed E-state index contributed by atoms with van der Waals surface area (Å²) in [6.07, 6.45) is 0. The molecule has 1 rings (SSSR count). The molecule has 0 saturated heterocycles. The Bertz CT molecular complexity index is 375. The second-order valence-corrected chi connectivity index (χ2v) is 4.02. The average Bonchev–Trinajstić information content (AvgIpc) is 2.30. The van der Waals surface area contributed by atoms with E-state index in [0.717, 1.165) is 18.8 Å². The van der Waals surface area contributed by atoms with E-state index in [1.165, 1.54) is 0 Å². The predicted molar refractivity (Wildman–Crippen MR) is 72.1 cm³/mol. The predicted octanol–water partition coefficient (Wildman–Crippen LogP) is 1.57. The minimum atomic E-state index is 0.139. The zero-order valence-electron chi connectivity index (χ0n) is 10.8. The molecule has 17 heavy (non-hydrogen) atoms. The normalized spacial score (nSPS) is 10.1. The first-order chi connectivity index (χ1) is 8.08. The van der Waals surface area contributed by atoms with E-state index in [-0.39, 0.29) is 5.91 Å². The minimum Gasteiger partial charge on any atom is -0.399 e. The fourth-order valence-corrected chi connectivity index (χ4v) is 1.73. The molecule has 0 spiro atoms. The van der Waals surface area contributed by atoms with Crippen LogP contribution in [0.2, 0.25) is 0 Å². The summed E-state index contributed by atoms with van der Waals surface area (Å²) >= 11 is 0. The molecule has 0 aliphatic heterocycles. The van der Waals surface area contributed by atoms with Crippen molar-refractivity contribution in [2.24, 2.45) is 0 Å². The fraction of sp³-hybridized carbons (Fsp3) is 0.462. The average molecular weight is 235 g/mol. The number of carbonyl (C=O) groups is 1. The van der Waals surface area contributed by atoms with Crippen LogP contribution in [-0.4, -0.2) is 37.5 Å². The fourth-order valence-electron chi connectivity index (χ4n) is 1.73. The largest absolute Gasteiger partial charge is 0.399 e. The molecule has 0 saturated carbocycles. The van der Waals surface area contributed by atoms with Gasteiger partial charge in [0.2, 0.25) is 5.91 Å². The van der Waals surface area contributed by atoms with Gasteiger partial charge in [-0.3, -0.25) is 4.79 Å². The number of anilines is 2. The number of rotatable bonds is 5. The van der Waals surface area contributed by atoms with Crippen molar-refractivity contribution in [2.75, 3.05) is 37.3 Å². The van der Waals surface area contributed by atoms with Gasteiger partial charge in [0, 0.05) is 31.5 Å². The van der Waals surface area contributed by atoms with Gasteiger partial charge in [-0.1, -0.05) is 6.07 Å². The summed E-state index contributed by atoms with van der Waals surface area (Å²) < 4.78 is 0. The van der Waals surface area contributed by atoms with Gasteiger partial charge >= 0.3 is 0 Å². The Morgan fingerprint density at radius 2 is 1.94 bits per heavy atom. The highest BCUT2D eigenvalue weighted by Crippen LogP contribution is 2.15. The number of hydrogen-bond donors (Lipinski definition) is 1. The van der Waals surface area contributed by atoms with E-state index < -0.39 is 0 Å². The highest BCUT2D eigenvalue weighted by Gasteiger charge is 2.12. The molecule has 4 heteroatoms. The lowest BCUT2D eigenvalue weighted by molar-refractivity contribution is -0.129. The lowest BCUT2D eigenvalue weighted by Crippen LogP contribution is -2.38. The highest BCUT2D eigenvalue weighted by atomic mass is 16.2. The molecular formula is C13H21N3O. The van der Waals surface area contributed by atoms with Gasteiger partial charge in [-0.05, 0) is 32.0 Å². The van der Waals surface area contributed by atoms with Crippen LogP contribution in [0.15, 0.2) is 24.3 Å². The van der Waals surface area contributed by atoms with E-state index >= 15 is 0 Å². The first-order valence-electron chi connectivity index (χ1n) is 5.93. The van der Waals surface area contributed by atoms with Crippen LogP contribution in [-0.2, 0) is 4.79 Å². The Kier molecular flexibility index (Phi) is 4.82. The second-order valence-electron chi connectivity index (χ2n) is 4.02. The Balaban J connectivity index is 2.66. The molecule has 0 aromatic heterocycles. The SMILES string of the molecule is CCN(CC)C(=O)CN(C)c1cccc(N)c1. The lowest BCUT2D eigenvalue weighted by atomic mass is 10.2. The van der Waals surface area contributed by atoms with Crippen molar-refractivity contribution in [2.45, 2.75) is 13.8 Å². The van der Waals surface area contributed by atoms with E-state index in [2.05, 4.69) is 0 Å². The molecule has 0 aliphatic carbocycles. The van der Waals surface area contributed by atoms with Gasteiger partial charge in [-0.25, -0.2) is 0 Å². The molecule has 0 bridgehead atoms. The standard InChI is InChI=1S/C13H21N3O/c1-4-16(5-2)13(17)10-15(3)12-8-6-7-11(14)9-12/h6-9H,4-5,10,14H2,1-3H3. The number of hydrogen-bond acceptors (Lipinski definition) is 3. The zero-order chi connectivity index (χ0) is 12.8. The topological polar surface area (TPSA) is 49.6 Å². The maximum Gasteiger partial charge on any atom is 0.242 e. The van der Waals surface area contributed by atoms with E-state index in [1.807, 2.05) is 55.0 Å². The first kappa shape index (κ1) is 13.4. The highest BCUT2D eigenvalue weighted by molar-refractivity contribution is 5.81. The smallest absolute Gasteiger partial charge is 0.242 e. The van der Waals surface area contributed by atoms with Gasteiger partial charge in [0.15, 0.2) is 0 Å². The van der Waals surface area contributed by atoms with Crippen LogP contribution in [0.4, 0.5) is 11.4 Å². The Labute approximate surface area is 103 Å². The van der Waals surface area contributed by atoms with E-state index in [9.17, 15) is 4.79 Å². The van der Waals surface area contributed by atoms with Crippen molar-refractivity contribution in [3.63, 3.8) is 0 Å². The number of nitrogen functional groups attached to an aromatic ring is 1. The van der Waals surface area contributed by atoms with Crippen LogP contribution in [0.5, 0.6) is 0 Å². The third-order valence-electron chi connectivity index (χ3n) is 2.80. The van der Waals surface area contributed by atoms with Gasteiger partial charge in [0.1, 0.15) is 0 Å². The maximum absolute atomic E-state index is 11.9. The van der Waals surface area contributed by atoms with Crippen LogP contribution in [0.1, 0.15) is 13.8 Å². The molecule has 1 aromatic rings. The van der Waals surface area contributed by atoms with Crippen molar-refractivity contribution in [3.05, 3.63) is 24.3 Å². The van der Waals surface area contributed by atoms with Crippen LogP contribution in [0.25, 0.3) is 0 Å². The molecule has 0 atom stereocenters. The Morgan fingerprint density at radius 3 is 2.47 bits per heavy atom. The summed E-state index contributed by atoms with van der Waals surface area (Å²) in [7, 11) is 1.90. The number of carbonyl (C=O) groups excluding carboxylic acids is 1. The summed E-state index contributed by atoms with van der Waals surface area (Å²) in [5.41, 5.74) is 7.39. The summed E-state index contributed by atoms with van der Waals surface area (Å²) in [4.78, 5) is 15.7. The van der Waals surface area contributed by atoms with Crippen molar-refractivity contribution in [1.29, 1.82) is 0 Å². The molecule has 0 radical (unpaired) electrons. The molecular weight excluding hydrogens is 214 g/mol. The van der Waals surface area contributed by atoms with Gasteiger partial charge in [0.25, 0.3) is 0 Å². The molecule has 0 aliphatic rings. The van der Waals surface area contributed by atoms with Gasteiger partial charge < -0.3 is 15.5 Å². The molecule has 1 amide bonds. The molecule has 2 N–H and O–H groups in total. The van der Waals surface area contributed by atoms with Crippen molar-refractivity contribution in [1.82, 2.24) is 4.90 Å². The number of benzene rings is 1. The number of nitrogens with two attached hydrogens (primary N) is 1. The van der Waals surface area contributed by atoms with Gasteiger partial charge in [-0.2, -0.15) is 0 Å². The van der Waals surface area contributed by atoms with Crippen molar-refractivity contribution in [3.8, 4) is 0 Å². The third-order valence-corrected chi connectivity index (χ3v) is 2.80. The second kappa shape index (κ2) is 6.13. The quantitative estimate of drug-likeness (QED) is 0.788. The molecule has 4 nitrogen and oxygen atoms in total. The molecule has 0 heterocycles. The number of likely N-dealkylation sites (N-methyl/N-ethyl adjacent to an activating group) is 2. The van der Waals surface area contributed by atoms with Gasteiger partial charge in [0.05, 0.1) is 6.54 Å². The molecule has 0 fully saturated rings. The molecule has 94 valence electrons. The number of amides is 1. The van der Waals surface area contributed by atoms with E-state index in [0.29, 0.717) is 12.2 Å². The maximum atomic E-state index is 11.9. The number of nitrogens with zero attached hydrogens (tertiary/aromatic N) is 2. The Hall–Kier alpha value is -1.71. The summed E-state index contributed by atoms with van der Waals surface area (Å²) in [5.74, 6) is 0.139. The minimum absolute atomic E-state index is 0.139. The zero-order valence-corrected chi connectivity index (χ0v) is 10.8. The monoisotopic (exact) mass is 235 g/mol. The first-order valence-corrected chi connectivity index (χ1v) is 5.93. The molecule has 1 aromatic carbocycles. The van der Waals surface area contributed by atoms with Gasteiger partial charge in [-0.15, -0.1) is 0 Å². The molecule has 0 unspecified atom stereocenters. The van der Waals surface area contributed by atoms with Crippen LogP contribution < -0.4 is 10.6 Å². The Morgan fingerprint density at radius 1 is 1.29 bits per heavy atom. The third kappa shape index (κ3) is 3.66. The summed E-state index contributed by atoms with van der Waals surface area (Å²) in [5, 5.41) is 0. The van der Waals surface area contributed by atoms with E-state index in [1.54, 1.807) is 0 Å². The van der Waals surface area contributed by atoms with E-state index in [4.69, 9.17) is 5.73 Å².